The van der Waals surface area contributed by atoms with Gasteiger partial charge in [0.2, 0.25) is 0 Å². The zero-order valence-corrected chi connectivity index (χ0v) is 12.9. The summed E-state index contributed by atoms with van der Waals surface area (Å²) < 4.78 is 32.6. The molecule has 0 amide bonds. The van der Waals surface area contributed by atoms with Crippen molar-refractivity contribution in [2.45, 2.75) is 4.90 Å². The monoisotopic (exact) mass is 357 g/mol. The number of nitrogens with two attached hydrogens (primary N) is 1. The first-order valence-corrected chi connectivity index (χ1v) is 7.77. The summed E-state index contributed by atoms with van der Waals surface area (Å²) in [4.78, 5) is 3.93. The molecule has 2 aromatic rings. The molecule has 20 heavy (non-hydrogen) atoms. The number of ether oxygens (including phenoxy) is 1. The van der Waals surface area contributed by atoms with Gasteiger partial charge >= 0.3 is 0 Å². The molecule has 1 heterocycles. The summed E-state index contributed by atoms with van der Waals surface area (Å²) in [5.74, 6) is 0.307. The van der Waals surface area contributed by atoms with Crippen molar-refractivity contribution in [2.24, 2.45) is 0 Å². The highest BCUT2D eigenvalue weighted by Gasteiger charge is 2.17. The molecule has 0 aliphatic rings. The van der Waals surface area contributed by atoms with E-state index in [2.05, 4.69) is 25.6 Å². The van der Waals surface area contributed by atoms with Crippen LogP contribution in [0.5, 0.6) is 5.75 Å². The number of sulfonamides is 1. The molecule has 0 saturated carbocycles. The third kappa shape index (κ3) is 3.02. The normalized spacial score (nSPS) is 11.1. The van der Waals surface area contributed by atoms with Crippen LogP contribution in [0, 0.1) is 0 Å². The van der Waals surface area contributed by atoms with Crippen LogP contribution in [0.15, 0.2) is 46.0 Å². The average Bonchev–Trinajstić information content (AvgIpc) is 2.41. The van der Waals surface area contributed by atoms with E-state index in [-0.39, 0.29) is 4.90 Å². The first kappa shape index (κ1) is 14.6. The van der Waals surface area contributed by atoms with E-state index in [4.69, 9.17) is 10.5 Å². The molecule has 0 aliphatic carbocycles. The Hall–Kier alpha value is -1.80. The van der Waals surface area contributed by atoms with Gasteiger partial charge in [-0.1, -0.05) is 0 Å². The van der Waals surface area contributed by atoms with Crippen LogP contribution >= 0.6 is 15.9 Å². The highest BCUT2D eigenvalue weighted by molar-refractivity contribution is 9.10. The summed E-state index contributed by atoms with van der Waals surface area (Å²) in [7, 11) is -2.30. The van der Waals surface area contributed by atoms with Gasteiger partial charge in [0.1, 0.15) is 5.75 Å². The Morgan fingerprint density at radius 1 is 1.35 bits per heavy atom. The third-order valence-electron chi connectivity index (χ3n) is 2.53. The molecule has 0 fully saturated rings. The SMILES string of the molecule is COc1cc(S(=O)(=O)Nc2ccncc2Br)ccc1N. The minimum absolute atomic E-state index is 0.0623. The third-order valence-corrected chi connectivity index (χ3v) is 4.53. The standard InChI is InChI=1S/C12H12BrN3O3S/c1-19-12-6-8(2-3-10(12)14)20(17,18)16-11-4-5-15-7-9(11)13/h2-7H,14H2,1H3,(H,15,16). The summed E-state index contributed by atoms with van der Waals surface area (Å²) in [5.41, 5.74) is 6.43. The highest BCUT2D eigenvalue weighted by atomic mass is 79.9. The quantitative estimate of drug-likeness (QED) is 0.818. The van der Waals surface area contributed by atoms with Crippen LogP contribution in [0.3, 0.4) is 0 Å². The summed E-state index contributed by atoms with van der Waals surface area (Å²) in [6.45, 7) is 0. The Morgan fingerprint density at radius 3 is 2.75 bits per heavy atom. The maximum atomic E-state index is 12.3. The molecule has 1 aromatic heterocycles. The Kier molecular flexibility index (Phi) is 4.15. The summed E-state index contributed by atoms with van der Waals surface area (Å²) in [6, 6.07) is 5.81. The van der Waals surface area contributed by atoms with Crippen LogP contribution in [0.2, 0.25) is 0 Å². The maximum absolute atomic E-state index is 12.3. The first-order valence-electron chi connectivity index (χ1n) is 5.50. The van der Waals surface area contributed by atoms with Gasteiger partial charge in [-0.25, -0.2) is 8.42 Å². The van der Waals surface area contributed by atoms with Gasteiger partial charge in [0.25, 0.3) is 10.0 Å². The van der Waals surface area contributed by atoms with Gasteiger partial charge in [-0.15, -0.1) is 0 Å². The number of pyridine rings is 1. The number of anilines is 2. The lowest BCUT2D eigenvalue weighted by Crippen LogP contribution is -2.13. The molecule has 106 valence electrons. The Balaban J connectivity index is 2.38. The van der Waals surface area contributed by atoms with Crippen molar-refractivity contribution in [2.75, 3.05) is 17.6 Å². The van der Waals surface area contributed by atoms with Gasteiger partial charge in [0.15, 0.2) is 0 Å². The molecule has 2 rings (SSSR count). The summed E-state index contributed by atoms with van der Waals surface area (Å²) in [6.07, 6.45) is 2.99. The van der Waals surface area contributed by atoms with E-state index in [0.717, 1.165) is 0 Å². The zero-order chi connectivity index (χ0) is 14.8. The smallest absolute Gasteiger partial charge is 0.262 e. The average molecular weight is 358 g/mol. The molecule has 1 aromatic carbocycles. The molecule has 0 spiro atoms. The van der Waals surface area contributed by atoms with Crippen molar-refractivity contribution < 1.29 is 13.2 Å². The number of halogens is 1. The minimum Gasteiger partial charge on any atom is -0.495 e. The first-order chi connectivity index (χ1) is 9.44. The van der Waals surface area contributed by atoms with Gasteiger partial charge in [-0.3, -0.25) is 9.71 Å². The molecule has 0 aliphatic heterocycles. The van der Waals surface area contributed by atoms with Crippen LogP contribution in [-0.4, -0.2) is 20.5 Å². The lowest BCUT2D eigenvalue weighted by Gasteiger charge is -2.11. The predicted molar refractivity (Wildman–Crippen MR) is 80.2 cm³/mol. The lowest BCUT2D eigenvalue weighted by atomic mass is 10.3. The fourth-order valence-corrected chi connectivity index (χ4v) is 3.10. The number of methoxy groups -OCH3 is 1. The lowest BCUT2D eigenvalue weighted by molar-refractivity contribution is 0.415. The number of aromatic nitrogens is 1. The largest absolute Gasteiger partial charge is 0.495 e. The van der Waals surface area contributed by atoms with Crippen molar-refractivity contribution >= 4 is 37.3 Å². The van der Waals surface area contributed by atoms with Crippen molar-refractivity contribution in [3.8, 4) is 5.75 Å². The molecule has 0 radical (unpaired) electrons. The Bertz CT molecular complexity index is 734. The minimum atomic E-state index is -3.73. The fraction of sp³-hybridized carbons (Fsp3) is 0.0833. The van der Waals surface area contributed by atoms with Crippen LogP contribution in [0.4, 0.5) is 11.4 Å². The molecule has 0 atom stereocenters. The van der Waals surface area contributed by atoms with E-state index in [1.165, 1.54) is 37.7 Å². The number of benzene rings is 1. The predicted octanol–water partition coefficient (Wildman–Crippen LogP) is 2.24. The number of hydrogen-bond acceptors (Lipinski definition) is 5. The van der Waals surface area contributed by atoms with E-state index in [0.29, 0.717) is 21.6 Å². The van der Waals surface area contributed by atoms with Gasteiger partial charge in [0, 0.05) is 18.5 Å². The van der Waals surface area contributed by atoms with E-state index >= 15 is 0 Å². The van der Waals surface area contributed by atoms with E-state index in [1.807, 2.05) is 0 Å². The second-order valence-corrected chi connectivity index (χ2v) is 6.40. The van der Waals surface area contributed by atoms with Crippen LogP contribution < -0.4 is 15.2 Å². The summed E-state index contributed by atoms with van der Waals surface area (Å²) in [5, 5.41) is 0. The van der Waals surface area contributed by atoms with Crippen LogP contribution in [0.1, 0.15) is 0 Å². The second kappa shape index (κ2) is 5.68. The number of rotatable bonds is 4. The van der Waals surface area contributed by atoms with E-state index in [9.17, 15) is 8.42 Å². The van der Waals surface area contributed by atoms with Crippen molar-refractivity contribution in [3.05, 3.63) is 41.1 Å². The van der Waals surface area contributed by atoms with Crippen molar-refractivity contribution in [1.29, 1.82) is 0 Å². The number of hydrogen-bond donors (Lipinski definition) is 2. The fourth-order valence-electron chi connectivity index (χ4n) is 1.52. The maximum Gasteiger partial charge on any atom is 0.262 e. The van der Waals surface area contributed by atoms with E-state index < -0.39 is 10.0 Å². The highest BCUT2D eigenvalue weighted by Crippen LogP contribution is 2.27. The number of nitrogen functional groups attached to an aromatic ring is 1. The van der Waals surface area contributed by atoms with Crippen molar-refractivity contribution in [1.82, 2.24) is 4.98 Å². The molecule has 3 N–H and O–H groups in total. The zero-order valence-electron chi connectivity index (χ0n) is 10.5. The molecular weight excluding hydrogens is 346 g/mol. The van der Waals surface area contributed by atoms with Gasteiger partial charge in [0.05, 0.1) is 27.9 Å². The molecular formula is C12H12BrN3O3S. The van der Waals surface area contributed by atoms with E-state index in [1.54, 1.807) is 6.07 Å². The van der Waals surface area contributed by atoms with Gasteiger partial charge in [-0.05, 0) is 34.1 Å². The topological polar surface area (TPSA) is 94.3 Å². The molecule has 0 unspecified atom stereocenters. The molecule has 6 nitrogen and oxygen atoms in total. The van der Waals surface area contributed by atoms with Crippen LogP contribution in [-0.2, 0) is 10.0 Å². The summed E-state index contributed by atoms with van der Waals surface area (Å²) >= 11 is 3.23. The van der Waals surface area contributed by atoms with Crippen molar-refractivity contribution in [3.63, 3.8) is 0 Å². The second-order valence-electron chi connectivity index (χ2n) is 3.86. The molecule has 8 heteroatoms. The van der Waals surface area contributed by atoms with Gasteiger partial charge < -0.3 is 10.5 Å². The Labute approximate surface area is 125 Å². The molecule has 0 bridgehead atoms. The molecule has 0 saturated heterocycles. The van der Waals surface area contributed by atoms with Gasteiger partial charge in [-0.2, -0.15) is 0 Å². The number of nitrogens with zero attached hydrogens (tertiary/aromatic N) is 1. The van der Waals surface area contributed by atoms with Crippen LogP contribution in [0.25, 0.3) is 0 Å². The Morgan fingerprint density at radius 2 is 2.10 bits per heavy atom. The number of nitrogens with one attached hydrogen (secondary N) is 1.